The predicted molar refractivity (Wildman–Crippen MR) is 79.2 cm³/mol. The first-order valence-electron chi connectivity index (χ1n) is 6.84. The maximum Gasteiger partial charge on any atom is 0.261 e. The summed E-state index contributed by atoms with van der Waals surface area (Å²) in [6, 6.07) is 0.258. The van der Waals surface area contributed by atoms with E-state index in [2.05, 4.69) is 22.2 Å². The minimum atomic E-state index is -0.183. The second-order valence-electron chi connectivity index (χ2n) is 5.56. The Hall–Kier alpha value is -1.69. The first-order valence-corrected chi connectivity index (χ1v) is 7.65. The molecule has 1 aliphatic carbocycles. The van der Waals surface area contributed by atoms with Crippen LogP contribution < -0.4 is 10.9 Å². The summed E-state index contributed by atoms with van der Waals surface area (Å²) < 4.78 is 0. The van der Waals surface area contributed by atoms with Gasteiger partial charge in [-0.05, 0) is 37.7 Å². The Morgan fingerprint density at radius 3 is 2.95 bits per heavy atom. The molecule has 1 saturated carbocycles. The van der Waals surface area contributed by atoms with Crippen molar-refractivity contribution in [3.8, 4) is 0 Å². The number of nitrogens with zero attached hydrogens (tertiary/aromatic N) is 1. The molecule has 3 rings (SSSR count). The molecule has 5 nitrogen and oxygen atoms in total. The van der Waals surface area contributed by atoms with Crippen LogP contribution in [0.3, 0.4) is 0 Å². The van der Waals surface area contributed by atoms with Crippen molar-refractivity contribution in [2.75, 3.05) is 0 Å². The zero-order valence-corrected chi connectivity index (χ0v) is 12.3. The van der Waals surface area contributed by atoms with Crippen molar-refractivity contribution < 1.29 is 4.79 Å². The fraction of sp³-hybridized carbons (Fsp3) is 0.500. The van der Waals surface area contributed by atoms with Gasteiger partial charge in [-0.1, -0.05) is 6.92 Å². The normalized spacial score (nSPS) is 22.3. The average molecular weight is 291 g/mol. The van der Waals surface area contributed by atoms with Gasteiger partial charge in [0.15, 0.2) is 0 Å². The van der Waals surface area contributed by atoms with Crippen LogP contribution in [0.15, 0.2) is 11.1 Å². The molecule has 0 spiro atoms. The molecule has 2 unspecified atom stereocenters. The average Bonchev–Trinajstić information content (AvgIpc) is 2.95. The maximum atomic E-state index is 12.4. The van der Waals surface area contributed by atoms with Gasteiger partial charge in [0.25, 0.3) is 11.5 Å². The maximum absolute atomic E-state index is 12.4. The summed E-state index contributed by atoms with van der Waals surface area (Å²) in [7, 11) is 0. The quantitative estimate of drug-likeness (QED) is 0.891. The Labute approximate surface area is 120 Å². The molecule has 2 aromatic rings. The summed E-state index contributed by atoms with van der Waals surface area (Å²) in [5.41, 5.74) is 0.542. The summed E-state index contributed by atoms with van der Waals surface area (Å²) in [4.78, 5) is 32.1. The molecule has 0 bridgehead atoms. The minimum Gasteiger partial charge on any atom is -0.349 e. The van der Waals surface area contributed by atoms with E-state index < -0.39 is 0 Å². The number of rotatable bonds is 2. The molecule has 106 valence electrons. The fourth-order valence-electron chi connectivity index (χ4n) is 2.88. The number of thiophene rings is 1. The molecule has 2 atom stereocenters. The highest BCUT2D eigenvalue weighted by Crippen LogP contribution is 2.28. The van der Waals surface area contributed by atoms with Crippen molar-refractivity contribution in [3.05, 3.63) is 27.1 Å². The largest absolute Gasteiger partial charge is 0.349 e. The van der Waals surface area contributed by atoms with Crippen molar-refractivity contribution >= 4 is 27.5 Å². The SMILES string of the molecule is Cc1c(C(=O)NC2CCC(C)C2)sc2nc[nH]c(=O)c12. The van der Waals surface area contributed by atoms with E-state index in [0.717, 1.165) is 24.8 Å². The third-order valence-electron chi connectivity index (χ3n) is 3.97. The van der Waals surface area contributed by atoms with Crippen molar-refractivity contribution in [2.24, 2.45) is 5.92 Å². The Morgan fingerprint density at radius 1 is 1.50 bits per heavy atom. The van der Waals surface area contributed by atoms with Crippen LogP contribution in [0.2, 0.25) is 0 Å². The number of hydrogen-bond donors (Lipinski definition) is 2. The molecule has 2 heterocycles. The number of fused-ring (bicyclic) bond motifs is 1. The molecular formula is C14H17N3O2S. The number of hydrogen-bond acceptors (Lipinski definition) is 4. The molecule has 2 aromatic heterocycles. The van der Waals surface area contributed by atoms with Crippen molar-refractivity contribution in [1.29, 1.82) is 0 Å². The Morgan fingerprint density at radius 2 is 2.30 bits per heavy atom. The molecule has 1 amide bonds. The van der Waals surface area contributed by atoms with E-state index in [1.54, 1.807) is 0 Å². The Bertz CT molecular complexity index is 719. The molecule has 0 saturated heterocycles. The number of aromatic amines is 1. The van der Waals surface area contributed by atoms with Crippen molar-refractivity contribution in [2.45, 2.75) is 39.2 Å². The molecule has 1 fully saturated rings. The third kappa shape index (κ3) is 2.24. The number of H-pyrrole nitrogens is 1. The molecule has 1 aliphatic rings. The first-order chi connectivity index (χ1) is 9.56. The molecule has 0 aromatic carbocycles. The van der Waals surface area contributed by atoms with Gasteiger partial charge in [0.2, 0.25) is 0 Å². The van der Waals surface area contributed by atoms with Crippen LogP contribution in [0.5, 0.6) is 0 Å². The van der Waals surface area contributed by atoms with E-state index >= 15 is 0 Å². The highest BCUT2D eigenvalue weighted by atomic mass is 32.1. The second kappa shape index (κ2) is 5.01. The van der Waals surface area contributed by atoms with Gasteiger partial charge in [-0.25, -0.2) is 4.98 Å². The summed E-state index contributed by atoms with van der Waals surface area (Å²) in [6.07, 6.45) is 4.61. The van der Waals surface area contributed by atoms with Crippen LogP contribution in [0.25, 0.3) is 10.2 Å². The minimum absolute atomic E-state index is 0.0796. The molecular weight excluding hydrogens is 274 g/mol. The van der Waals surface area contributed by atoms with Crippen molar-refractivity contribution in [1.82, 2.24) is 15.3 Å². The number of carbonyl (C=O) groups is 1. The van der Waals surface area contributed by atoms with Gasteiger partial charge >= 0.3 is 0 Å². The second-order valence-corrected chi connectivity index (χ2v) is 6.56. The van der Waals surface area contributed by atoms with Gasteiger partial charge in [0, 0.05) is 6.04 Å². The lowest BCUT2D eigenvalue weighted by molar-refractivity contribution is 0.0941. The van der Waals surface area contributed by atoms with Crippen LogP contribution in [-0.2, 0) is 0 Å². The Kier molecular flexibility index (Phi) is 3.33. The van der Waals surface area contributed by atoms with Crippen LogP contribution in [-0.4, -0.2) is 21.9 Å². The van der Waals surface area contributed by atoms with E-state index in [1.165, 1.54) is 17.7 Å². The summed E-state index contributed by atoms with van der Waals surface area (Å²) in [5, 5.41) is 3.61. The highest BCUT2D eigenvalue weighted by Gasteiger charge is 2.25. The molecule has 6 heteroatoms. The number of carbonyl (C=O) groups excluding carboxylic acids is 1. The van der Waals surface area contributed by atoms with Gasteiger partial charge in [0.05, 0.1) is 16.6 Å². The number of aromatic nitrogens is 2. The van der Waals surface area contributed by atoms with Crippen molar-refractivity contribution in [3.63, 3.8) is 0 Å². The summed E-state index contributed by atoms with van der Waals surface area (Å²) in [6.45, 7) is 4.02. The van der Waals surface area contributed by atoms with Gasteiger partial charge < -0.3 is 10.3 Å². The van der Waals surface area contributed by atoms with Crippen LogP contribution in [0.1, 0.15) is 41.4 Å². The standard InChI is InChI=1S/C14H17N3O2S/c1-7-3-4-9(5-7)17-13(19)11-8(2)10-12(18)15-6-16-14(10)20-11/h6-7,9H,3-5H2,1-2H3,(H,17,19)(H,15,16,18). The topological polar surface area (TPSA) is 74.8 Å². The molecule has 2 N–H and O–H groups in total. The number of nitrogens with one attached hydrogen (secondary N) is 2. The smallest absolute Gasteiger partial charge is 0.261 e. The Balaban J connectivity index is 1.90. The van der Waals surface area contributed by atoms with Crippen LogP contribution >= 0.6 is 11.3 Å². The molecule has 0 aliphatic heterocycles. The number of aryl methyl sites for hydroxylation is 1. The monoisotopic (exact) mass is 291 g/mol. The lowest BCUT2D eigenvalue weighted by Gasteiger charge is -2.11. The first kappa shape index (κ1) is 13.3. The molecule has 20 heavy (non-hydrogen) atoms. The van der Waals surface area contributed by atoms with Crippen LogP contribution in [0, 0.1) is 12.8 Å². The van der Waals surface area contributed by atoms with E-state index in [9.17, 15) is 9.59 Å². The zero-order valence-electron chi connectivity index (χ0n) is 11.5. The molecule has 0 radical (unpaired) electrons. The van der Waals surface area contributed by atoms with E-state index in [4.69, 9.17) is 0 Å². The van der Waals surface area contributed by atoms with Gasteiger partial charge in [-0.15, -0.1) is 11.3 Å². The predicted octanol–water partition coefficient (Wildman–Crippen LogP) is 2.21. The summed E-state index contributed by atoms with van der Waals surface area (Å²) in [5.74, 6) is 0.595. The van der Waals surface area contributed by atoms with Gasteiger partial charge in [-0.3, -0.25) is 9.59 Å². The van der Waals surface area contributed by atoms with E-state index in [-0.39, 0.29) is 17.5 Å². The lowest BCUT2D eigenvalue weighted by Crippen LogP contribution is -2.32. The lowest BCUT2D eigenvalue weighted by atomic mass is 10.1. The third-order valence-corrected chi connectivity index (χ3v) is 5.17. The fourth-order valence-corrected chi connectivity index (χ4v) is 3.94. The summed E-state index contributed by atoms with van der Waals surface area (Å²) >= 11 is 1.29. The van der Waals surface area contributed by atoms with Gasteiger partial charge in [-0.2, -0.15) is 0 Å². The van der Waals surface area contributed by atoms with Crippen LogP contribution in [0.4, 0.5) is 0 Å². The number of amides is 1. The highest BCUT2D eigenvalue weighted by molar-refractivity contribution is 7.20. The van der Waals surface area contributed by atoms with Gasteiger partial charge in [0.1, 0.15) is 4.83 Å². The zero-order chi connectivity index (χ0) is 14.3. The van der Waals surface area contributed by atoms with E-state index in [0.29, 0.717) is 21.0 Å². The van der Waals surface area contributed by atoms with E-state index in [1.807, 2.05) is 6.92 Å².